The molecule has 1 aromatic carbocycles. The van der Waals surface area contributed by atoms with Crippen molar-refractivity contribution in [3.05, 3.63) is 52.8 Å². The first-order valence-corrected chi connectivity index (χ1v) is 7.33. The van der Waals surface area contributed by atoms with Crippen molar-refractivity contribution in [1.82, 2.24) is 18.9 Å². The predicted molar refractivity (Wildman–Crippen MR) is 83.6 cm³/mol. The molecule has 0 saturated carbocycles. The maximum absolute atomic E-state index is 12.3. The second-order valence-electron chi connectivity index (χ2n) is 5.49. The molecule has 0 aliphatic heterocycles. The normalized spacial score (nSPS) is 11.6. The Labute approximate surface area is 123 Å². The van der Waals surface area contributed by atoms with E-state index in [1.165, 1.54) is 0 Å². The van der Waals surface area contributed by atoms with E-state index in [-0.39, 0.29) is 11.7 Å². The van der Waals surface area contributed by atoms with Gasteiger partial charge in [0.25, 0.3) is 0 Å². The molecule has 0 fully saturated rings. The number of imidazole rings is 1. The van der Waals surface area contributed by atoms with Crippen LogP contribution in [0.25, 0.3) is 10.9 Å². The van der Waals surface area contributed by atoms with Gasteiger partial charge >= 0.3 is 5.69 Å². The molecule has 0 N–H and O–H groups in total. The van der Waals surface area contributed by atoms with Crippen LogP contribution in [0, 0.1) is 0 Å². The molecule has 0 amide bonds. The van der Waals surface area contributed by atoms with Crippen molar-refractivity contribution < 1.29 is 0 Å². The Morgan fingerprint density at radius 2 is 1.95 bits per heavy atom. The van der Waals surface area contributed by atoms with E-state index in [0.717, 1.165) is 23.1 Å². The molecule has 0 atom stereocenters. The highest BCUT2D eigenvalue weighted by Crippen LogP contribution is 2.19. The maximum Gasteiger partial charge on any atom is 0.328 e. The number of fused-ring (bicyclic) bond motifs is 1. The summed E-state index contributed by atoms with van der Waals surface area (Å²) in [5.41, 5.74) is 2.07. The number of aromatic nitrogens is 4. The minimum absolute atomic E-state index is 0.0140. The SMILES string of the molecule is CCn1nc(Cn2ccn(C(C)C)c2=O)c2ccccc21. The van der Waals surface area contributed by atoms with E-state index in [0.29, 0.717) is 6.54 Å². The summed E-state index contributed by atoms with van der Waals surface area (Å²) in [6.07, 6.45) is 3.67. The van der Waals surface area contributed by atoms with E-state index < -0.39 is 0 Å². The van der Waals surface area contributed by atoms with Gasteiger partial charge in [0.15, 0.2) is 0 Å². The van der Waals surface area contributed by atoms with Crippen LogP contribution in [-0.2, 0) is 13.1 Å². The molecular formula is C16H20N4O. The molecule has 110 valence electrons. The Balaban J connectivity index is 2.05. The number of rotatable bonds is 4. The van der Waals surface area contributed by atoms with Gasteiger partial charge in [0, 0.05) is 30.4 Å². The summed E-state index contributed by atoms with van der Waals surface area (Å²) in [6.45, 7) is 7.42. The van der Waals surface area contributed by atoms with E-state index in [9.17, 15) is 4.79 Å². The fraction of sp³-hybridized carbons (Fsp3) is 0.375. The largest absolute Gasteiger partial charge is 0.328 e. The Kier molecular flexibility index (Phi) is 3.41. The Hall–Kier alpha value is -2.30. The fourth-order valence-corrected chi connectivity index (χ4v) is 2.66. The van der Waals surface area contributed by atoms with Gasteiger partial charge in [-0.05, 0) is 26.8 Å². The van der Waals surface area contributed by atoms with Crippen LogP contribution < -0.4 is 5.69 Å². The van der Waals surface area contributed by atoms with Crippen molar-refractivity contribution >= 4 is 10.9 Å². The number of hydrogen-bond acceptors (Lipinski definition) is 2. The van der Waals surface area contributed by atoms with Crippen LogP contribution in [0.5, 0.6) is 0 Å². The van der Waals surface area contributed by atoms with Gasteiger partial charge < -0.3 is 0 Å². The average molecular weight is 284 g/mol. The minimum atomic E-state index is 0.0140. The van der Waals surface area contributed by atoms with Gasteiger partial charge in [-0.25, -0.2) is 4.79 Å². The van der Waals surface area contributed by atoms with E-state index in [4.69, 9.17) is 0 Å². The highest BCUT2D eigenvalue weighted by molar-refractivity contribution is 5.81. The molecule has 5 nitrogen and oxygen atoms in total. The molecule has 21 heavy (non-hydrogen) atoms. The summed E-state index contributed by atoms with van der Waals surface area (Å²) >= 11 is 0. The molecule has 0 unspecified atom stereocenters. The Morgan fingerprint density at radius 3 is 2.62 bits per heavy atom. The van der Waals surface area contributed by atoms with Crippen LogP contribution in [0.1, 0.15) is 32.5 Å². The third kappa shape index (κ3) is 2.28. The quantitative estimate of drug-likeness (QED) is 0.739. The predicted octanol–water partition coefficient (Wildman–Crippen LogP) is 2.65. The van der Waals surface area contributed by atoms with Crippen LogP contribution >= 0.6 is 0 Å². The standard InChI is InChI=1S/C16H20N4O/c1-4-20-15-8-6-5-7-13(15)14(17-20)11-18-9-10-19(12(2)3)16(18)21/h5-10,12H,4,11H2,1-3H3. The molecule has 0 spiro atoms. The lowest BCUT2D eigenvalue weighted by Gasteiger charge is -2.04. The first-order chi connectivity index (χ1) is 10.1. The zero-order valence-electron chi connectivity index (χ0n) is 12.7. The molecule has 2 aromatic heterocycles. The Morgan fingerprint density at radius 1 is 1.19 bits per heavy atom. The van der Waals surface area contributed by atoms with Gasteiger partial charge in [0.1, 0.15) is 0 Å². The van der Waals surface area contributed by atoms with Crippen molar-refractivity contribution in [2.24, 2.45) is 0 Å². The van der Waals surface area contributed by atoms with Gasteiger partial charge in [0.2, 0.25) is 0 Å². The van der Waals surface area contributed by atoms with Gasteiger partial charge in [-0.1, -0.05) is 18.2 Å². The summed E-state index contributed by atoms with van der Waals surface area (Å²) < 4.78 is 5.43. The van der Waals surface area contributed by atoms with Crippen molar-refractivity contribution in [2.75, 3.05) is 0 Å². The smallest absolute Gasteiger partial charge is 0.297 e. The maximum atomic E-state index is 12.3. The highest BCUT2D eigenvalue weighted by Gasteiger charge is 2.12. The summed E-state index contributed by atoms with van der Waals surface area (Å²) in [5, 5.41) is 5.76. The van der Waals surface area contributed by atoms with Crippen LogP contribution in [0.15, 0.2) is 41.5 Å². The molecule has 0 aliphatic carbocycles. The number of aryl methyl sites for hydroxylation is 1. The summed E-state index contributed by atoms with van der Waals surface area (Å²) in [6, 6.07) is 8.33. The molecule has 0 radical (unpaired) electrons. The van der Waals surface area contributed by atoms with E-state index in [1.54, 1.807) is 9.13 Å². The summed E-state index contributed by atoms with van der Waals surface area (Å²) in [4.78, 5) is 12.3. The lowest BCUT2D eigenvalue weighted by molar-refractivity contribution is 0.558. The van der Waals surface area contributed by atoms with Gasteiger partial charge in [-0.3, -0.25) is 13.8 Å². The molecule has 3 rings (SSSR count). The van der Waals surface area contributed by atoms with Crippen molar-refractivity contribution in [2.45, 2.75) is 39.9 Å². The molecule has 0 bridgehead atoms. The topological polar surface area (TPSA) is 44.8 Å². The minimum Gasteiger partial charge on any atom is -0.297 e. The second-order valence-corrected chi connectivity index (χ2v) is 5.49. The zero-order chi connectivity index (χ0) is 15.0. The average Bonchev–Trinajstić information content (AvgIpc) is 3.01. The highest BCUT2D eigenvalue weighted by atomic mass is 16.1. The number of hydrogen-bond donors (Lipinski definition) is 0. The van der Waals surface area contributed by atoms with Crippen LogP contribution in [0.4, 0.5) is 0 Å². The molecular weight excluding hydrogens is 264 g/mol. The molecule has 0 aliphatic rings. The molecule has 0 saturated heterocycles. The van der Waals surface area contributed by atoms with Crippen molar-refractivity contribution in [3.8, 4) is 0 Å². The molecule has 2 heterocycles. The van der Waals surface area contributed by atoms with E-state index >= 15 is 0 Å². The summed E-state index contributed by atoms with van der Waals surface area (Å²) in [5.74, 6) is 0. The fourth-order valence-electron chi connectivity index (χ4n) is 2.66. The summed E-state index contributed by atoms with van der Waals surface area (Å²) in [7, 11) is 0. The Bertz CT molecular complexity index is 822. The van der Waals surface area contributed by atoms with Crippen molar-refractivity contribution in [3.63, 3.8) is 0 Å². The lowest BCUT2D eigenvalue weighted by atomic mass is 10.2. The van der Waals surface area contributed by atoms with Gasteiger partial charge in [-0.15, -0.1) is 0 Å². The monoisotopic (exact) mass is 284 g/mol. The van der Waals surface area contributed by atoms with Crippen LogP contribution in [0.2, 0.25) is 0 Å². The number of benzene rings is 1. The second kappa shape index (κ2) is 5.24. The lowest BCUT2D eigenvalue weighted by Crippen LogP contribution is -2.25. The van der Waals surface area contributed by atoms with Gasteiger partial charge in [0.05, 0.1) is 17.8 Å². The first kappa shape index (κ1) is 13.7. The third-order valence-corrected chi connectivity index (χ3v) is 3.78. The van der Waals surface area contributed by atoms with Crippen LogP contribution in [0.3, 0.4) is 0 Å². The third-order valence-electron chi connectivity index (χ3n) is 3.78. The molecule has 5 heteroatoms. The first-order valence-electron chi connectivity index (χ1n) is 7.33. The number of nitrogens with zero attached hydrogens (tertiary/aromatic N) is 4. The van der Waals surface area contributed by atoms with Crippen molar-refractivity contribution in [1.29, 1.82) is 0 Å². The zero-order valence-corrected chi connectivity index (χ0v) is 12.7. The number of para-hydroxylation sites is 1. The van der Waals surface area contributed by atoms with E-state index in [2.05, 4.69) is 24.2 Å². The van der Waals surface area contributed by atoms with E-state index in [1.807, 2.05) is 43.1 Å². The van der Waals surface area contributed by atoms with Crippen LogP contribution in [-0.4, -0.2) is 18.9 Å². The molecule has 3 aromatic rings. The van der Waals surface area contributed by atoms with Gasteiger partial charge in [-0.2, -0.15) is 5.10 Å².